The van der Waals surface area contributed by atoms with Gasteiger partial charge in [0, 0.05) is 30.6 Å². The smallest absolute Gasteiger partial charge is 0.326 e. The van der Waals surface area contributed by atoms with Crippen LogP contribution in [-0.4, -0.2) is 72.6 Å². The number of carbonyl (C=O) groups is 5. The number of rotatable bonds is 9. The van der Waals surface area contributed by atoms with Crippen LogP contribution >= 0.6 is 11.3 Å². The third-order valence-corrected chi connectivity index (χ3v) is 10.2. The number of methoxy groups -OCH3 is 1. The molecule has 0 unspecified atom stereocenters. The van der Waals surface area contributed by atoms with Gasteiger partial charge in [0.15, 0.2) is 6.61 Å². The maximum Gasteiger partial charge on any atom is 0.326 e. The zero-order valence-electron chi connectivity index (χ0n) is 30.6. The first kappa shape index (κ1) is 39.2. The molecule has 3 heterocycles. The fourth-order valence-corrected chi connectivity index (χ4v) is 7.07. The van der Waals surface area contributed by atoms with Crippen LogP contribution in [-0.2, 0) is 49.7 Å². The summed E-state index contributed by atoms with van der Waals surface area (Å²) in [5, 5.41) is 23.0. The van der Waals surface area contributed by atoms with E-state index in [9.17, 15) is 29.1 Å². The molecule has 13 heteroatoms. The van der Waals surface area contributed by atoms with Gasteiger partial charge in [0.25, 0.3) is 5.91 Å². The van der Waals surface area contributed by atoms with Crippen molar-refractivity contribution >= 4 is 40.9 Å². The van der Waals surface area contributed by atoms with Crippen LogP contribution in [0.2, 0.25) is 0 Å². The Labute approximate surface area is 328 Å². The summed E-state index contributed by atoms with van der Waals surface area (Å²) >= 11 is 1.42. The number of carboxylic acid groups (broad SMARTS) is 1. The van der Waals surface area contributed by atoms with E-state index in [1.54, 1.807) is 55.6 Å². The van der Waals surface area contributed by atoms with Gasteiger partial charge in [-0.2, -0.15) is 0 Å². The van der Waals surface area contributed by atoms with Crippen molar-refractivity contribution < 1.29 is 38.6 Å². The number of ether oxygens (including phenoxy) is 2. The summed E-state index contributed by atoms with van der Waals surface area (Å²) in [7, 11) is 1.60. The number of aliphatic carboxylic acids is 1. The molecule has 1 aromatic heterocycles. The van der Waals surface area contributed by atoms with Gasteiger partial charge in [-0.1, -0.05) is 84.9 Å². The second kappa shape index (κ2) is 18.7. The molecular formula is C43H42N4O8S. The summed E-state index contributed by atoms with van der Waals surface area (Å²) in [5.74, 6) is -2.71. The molecule has 0 saturated carbocycles. The molecule has 4 amide bonds. The van der Waals surface area contributed by atoms with Gasteiger partial charge in [0.1, 0.15) is 35.7 Å². The Bertz CT molecular complexity index is 2110. The fourth-order valence-electron chi connectivity index (χ4n) is 6.32. The van der Waals surface area contributed by atoms with Gasteiger partial charge in [0.05, 0.1) is 7.11 Å². The molecule has 4 aromatic carbocycles. The SMILES string of the molecule is COc1ccc(-c2ccc(C[C@@H]3NC(=O)[C@H](Cc4cccs4)NC(=O)COc4ccc(cc4)C[C@@H](C(=O)O)NC(=O)[C@H](Cc4ccccc4)NC3=O)cc2)cc1. The standard InChI is InChI=1S/C43H42N4O8S/c1-54-32-19-15-31(16-20-32)30-13-9-28(10-14-30)23-36-40(49)45-35(22-27-6-3-2-4-7-27)41(50)47-38(43(52)53)24-29-11-17-33(18-12-29)55-26-39(48)44-37(42(51)46-36)25-34-8-5-21-56-34/h2-21,35-38H,22-26H2,1H3,(H,44,48)(H,45,49)(H,46,51)(H,47,50)(H,52,53)/t35-,36-,37-,38-/m0/s1. The topological polar surface area (TPSA) is 172 Å². The Balaban J connectivity index is 1.33. The third-order valence-electron chi connectivity index (χ3n) is 9.35. The van der Waals surface area contributed by atoms with Crippen molar-refractivity contribution in [2.75, 3.05) is 13.7 Å². The number of benzene rings is 4. The number of fused-ring (bicyclic) bond motifs is 16. The van der Waals surface area contributed by atoms with Gasteiger partial charge < -0.3 is 35.8 Å². The maximum absolute atomic E-state index is 14.3. The number of hydrogen-bond acceptors (Lipinski definition) is 8. The second-order valence-corrected chi connectivity index (χ2v) is 14.4. The molecule has 2 bridgehead atoms. The molecule has 0 aliphatic carbocycles. The molecular weight excluding hydrogens is 733 g/mol. The van der Waals surface area contributed by atoms with Crippen LogP contribution in [0.5, 0.6) is 11.5 Å². The van der Waals surface area contributed by atoms with Crippen LogP contribution < -0.4 is 30.7 Å². The van der Waals surface area contributed by atoms with Crippen LogP contribution in [0.3, 0.4) is 0 Å². The Morgan fingerprint density at radius 1 is 0.679 bits per heavy atom. The average Bonchev–Trinajstić information content (AvgIpc) is 3.73. The van der Waals surface area contributed by atoms with Crippen molar-refractivity contribution in [3.63, 3.8) is 0 Å². The quantitative estimate of drug-likeness (QED) is 0.139. The molecule has 0 radical (unpaired) electrons. The van der Waals surface area contributed by atoms with Crippen molar-refractivity contribution in [1.29, 1.82) is 0 Å². The third kappa shape index (κ3) is 10.8. The van der Waals surface area contributed by atoms with Gasteiger partial charge in [-0.05, 0) is 63.5 Å². The highest BCUT2D eigenvalue weighted by Gasteiger charge is 2.32. The molecule has 0 fully saturated rings. The molecule has 56 heavy (non-hydrogen) atoms. The molecule has 0 spiro atoms. The number of nitrogens with one attached hydrogen (secondary N) is 4. The van der Waals surface area contributed by atoms with E-state index in [2.05, 4.69) is 21.3 Å². The first-order valence-electron chi connectivity index (χ1n) is 18.1. The Morgan fingerprint density at radius 2 is 1.25 bits per heavy atom. The summed E-state index contributed by atoms with van der Waals surface area (Å²) in [5.41, 5.74) is 3.92. The van der Waals surface area contributed by atoms with E-state index in [-0.39, 0.29) is 25.7 Å². The molecule has 5 aromatic rings. The Kier molecular flexibility index (Phi) is 13.1. The summed E-state index contributed by atoms with van der Waals surface area (Å²) in [6.07, 6.45) is 0.188. The highest BCUT2D eigenvalue weighted by Crippen LogP contribution is 2.23. The van der Waals surface area contributed by atoms with Crippen molar-refractivity contribution in [2.24, 2.45) is 0 Å². The highest BCUT2D eigenvalue weighted by atomic mass is 32.1. The van der Waals surface area contributed by atoms with E-state index in [4.69, 9.17) is 9.47 Å². The molecule has 0 saturated heterocycles. The van der Waals surface area contributed by atoms with E-state index in [1.165, 1.54) is 11.3 Å². The van der Waals surface area contributed by atoms with Gasteiger partial charge in [0.2, 0.25) is 17.7 Å². The van der Waals surface area contributed by atoms with Gasteiger partial charge in [-0.15, -0.1) is 11.3 Å². The number of amides is 4. The van der Waals surface area contributed by atoms with Crippen molar-refractivity contribution in [2.45, 2.75) is 49.9 Å². The zero-order valence-corrected chi connectivity index (χ0v) is 31.4. The number of hydrogen-bond donors (Lipinski definition) is 5. The van der Waals surface area contributed by atoms with Gasteiger partial charge in [-0.3, -0.25) is 19.2 Å². The van der Waals surface area contributed by atoms with Crippen molar-refractivity contribution in [3.05, 3.63) is 142 Å². The lowest BCUT2D eigenvalue weighted by atomic mass is 9.99. The first-order chi connectivity index (χ1) is 27.1. The number of thiophene rings is 1. The summed E-state index contributed by atoms with van der Waals surface area (Å²) in [6, 6.07) is 29.5. The molecule has 288 valence electrons. The van der Waals surface area contributed by atoms with Crippen LogP contribution in [0.25, 0.3) is 11.1 Å². The van der Waals surface area contributed by atoms with Crippen LogP contribution in [0, 0.1) is 0 Å². The molecule has 12 nitrogen and oxygen atoms in total. The Morgan fingerprint density at radius 3 is 1.82 bits per heavy atom. The lowest BCUT2D eigenvalue weighted by molar-refractivity contribution is -0.142. The summed E-state index contributed by atoms with van der Waals surface area (Å²) in [4.78, 5) is 68.8. The molecule has 5 N–H and O–H groups in total. The summed E-state index contributed by atoms with van der Waals surface area (Å²) < 4.78 is 11.0. The van der Waals surface area contributed by atoms with Crippen molar-refractivity contribution in [3.8, 4) is 22.6 Å². The van der Waals surface area contributed by atoms with Gasteiger partial charge >= 0.3 is 5.97 Å². The van der Waals surface area contributed by atoms with Crippen LogP contribution in [0.4, 0.5) is 0 Å². The molecule has 2 aliphatic heterocycles. The fraction of sp³-hybridized carbons (Fsp3) is 0.233. The second-order valence-electron chi connectivity index (χ2n) is 13.4. The lowest BCUT2D eigenvalue weighted by Crippen LogP contribution is -2.59. The molecule has 4 atom stereocenters. The van der Waals surface area contributed by atoms with Crippen LogP contribution in [0.1, 0.15) is 21.6 Å². The number of carboxylic acids is 1. The lowest BCUT2D eigenvalue weighted by Gasteiger charge is -2.26. The van der Waals surface area contributed by atoms with E-state index in [1.807, 2.05) is 72.1 Å². The highest BCUT2D eigenvalue weighted by molar-refractivity contribution is 7.09. The van der Waals surface area contributed by atoms with E-state index in [0.717, 1.165) is 27.3 Å². The minimum absolute atomic E-state index is 0.0364. The molecule has 2 aliphatic rings. The average molecular weight is 775 g/mol. The Hall–Kier alpha value is -6.47. The predicted octanol–water partition coefficient (Wildman–Crippen LogP) is 4.11. The van der Waals surface area contributed by atoms with Crippen LogP contribution in [0.15, 0.2) is 121 Å². The zero-order chi connectivity index (χ0) is 39.4. The van der Waals surface area contributed by atoms with Gasteiger partial charge in [-0.25, -0.2) is 4.79 Å². The van der Waals surface area contributed by atoms with E-state index in [0.29, 0.717) is 16.9 Å². The predicted molar refractivity (Wildman–Crippen MR) is 211 cm³/mol. The minimum atomic E-state index is -1.32. The maximum atomic E-state index is 14.3. The monoisotopic (exact) mass is 774 g/mol. The molecule has 7 rings (SSSR count). The normalized spacial score (nSPS) is 19.5. The largest absolute Gasteiger partial charge is 0.497 e. The first-order valence-corrected chi connectivity index (χ1v) is 19.0. The summed E-state index contributed by atoms with van der Waals surface area (Å²) in [6.45, 7) is -0.396. The minimum Gasteiger partial charge on any atom is -0.497 e. The number of carbonyl (C=O) groups excluding carboxylic acids is 4. The van der Waals surface area contributed by atoms with E-state index >= 15 is 0 Å². The van der Waals surface area contributed by atoms with Crippen molar-refractivity contribution in [1.82, 2.24) is 21.3 Å². The van der Waals surface area contributed by atoms with E-state index < -0.39 is 60.4 Å².